The van der Waals surface area contributed by atoms with E-state index in [1.54, 1.807) is 26.2 Å². The van der Waals surface area contributed by atoms with Crippen LogP contribution in [0.2, 0.25) is 0 Å². The van der Waals surface area contributed by atoms with Crippen LogP contribution >= 0.6 is 11.9 Å². The molecule has 2 atom stereocenters. The first-order valence-corrected chi connectivity index (χ1v) is 14.9. The number of methoxy groups -OCH3 is 2. The van der Waals surface area contributed by atoms with Crippen LogP contribution in [0.25, 0.3) is 10.9 Å². The topological polar surface area (TPSA) is 88.0 Å². The minimum absolute atomic E-state index is 0.201. The number of carbonyl (C=O) groups is 1. The zero-order valence-electron chi connectivity index (χ0n) is 24.0. The Labute approximate surface area is 245 Å². The molecular weight excluding hydrogens is 536 g/mol. The molecule has 0 saturated carbocycles. The Balaban J connectivity index is 1.42. The molecule has 8 nitrogen and oxygen atoms in total. The lowest BCUT2D eigenvalue weighted by Gasteiger charge is -2.26. The third-order valence-corrected chi connectivity index (χ3v) is 8.59. The Bertz CT molecular complexity index is 1510. The molecule has 1 aliphatic heterocycles. The zero-order valence-corrected chi connectivity index (χ0v) is 24.8. The van der Waals surface area contributed by atoms with Crippen molar-refractivity contribution < 1.29 is 19.4 Å². The van der Waals surface area contributed by atoms with Crippen molar-refractivity contribution in [2.75, 3.05) is 43.2 Å². The fraction of sp³-hybridized carbons (Fsp3) is 0.344. The number of anilines is 2. The van der Waals surface area contributed by atoms with Crippen molar-refractivity contribution in [1.82, 2.24) is 9.88 Å². The maximum Gasteiger partial charge on any atom is 0.251 e. The normalized spacial score (nSPS) is 14.3. The molecule has 2 heterocycles. The second-order valence-electron chi connectivity index (χ2n) is 10.2. The molecule has 1 amide bonds. The number of benzene rings is 3. The fourth-order valence-electron chi connectivity index (χ4n) is 5.47. The van der Waals surface area contributed by atoms with Crippen LogP contribution < -0.4 is 24.4 Å². The van der Waals surface area contributed by atoms with Crippen LogP contribution in [0.15, 0.2) is 66.9 Å². The molecule has 3 N–H and O–H groups in total. The van der Waals surface area contributed by atoms with Gasteiger partial charge in [0.15, 0.2) is 11.5 Å². The van der Waals surface area contributed by atoms with Gasteiger partial charge in [0, 0.05) is 43.0 Å². The Morgan fingerprint density at radius 3 is 2.63 bits per heavy atom. The molecule has 0 unspecified atom stereocenters. The summed E-state index contributed by atoms with van der Waals surface area (Å²) >= 11 is 1.76. The Hall–Kier alpha value is -3.82. The summed E-state index contributed by atoms with van der Waals surface area (Å²) in [5, 5.41) is 19.1. The van der Waals surface area contributed by atoms with Gasteiger partial charge in [0.1, 0.15) is 0 Å². The van der Waals surface area contributed by atoms with Crippen molar-refractivity contribution in [2.24, 2.45) is 0 Å². The van der Waals surface area contributed by atoms with Gasteiger partial charge in [0.2, 0.25) is 0 Å². The summed E-state index contributed by atoms with van der Waals surface area (Å²) in [4.78, 5) is 13.8. The highest BCUT2D eigenvalue weighted by Crippen LogP contribution is 2.38. The number of aromatic nitrogens is 1. The molecule has 1 aromatic heterocycles. The first kappa shape index (κ1) is 28.7. The molecule has 4 aromatic rings. The van der Waals surface area contributed by atoms with Gasteiger partial charge in [0.05, 0.1) is 43.3 Å². The van der Waals surface area contributed by atoms with Gasteiger partial charge >= 0.3 is 0 Å². The molecule has 9 heteroatoms. The molecule has 216 valence electrons. The first-order chi connectivity index (χ1) is 19.9. The number of ether oxygens (including phenoxy) is 2. The van der Waals surface area contributed by atoms with Crippen LogP contribution in [0.5, 0.6) is 11.5 Å². The smallest absolute Gasteiger partial charge is 0.251 e. The van der Waals surface area contributed by atoms with E-state index in [0.29, 0.717) is 29.2 Å². The Morgan fingerprint density at radius 2 is 1.90 bits per heavy atom. The van der Waals surface area contributed by atoms with Crippen molar-refractivity contribution in [3.8, 4) is 11.5 Å². The van der Waals surface area contributed by atoms with Crippen molar-refractivity contribution in [1.29, 1.82) is 0 Å². The minimum Gasteiger partial charge on any atom is -0.493 e. The highest BCUT2D eigenvalue weighted by atomic mass is 32.2. The third kappa shape index (κ3) is 6.11. The van der Waals surface area contributed by atoms with Gasteiger partial charge in [-0.15, -0.1) is 0 Å². The summed E-state index contributed by atoms with van der Waals surface area (Å²) in [6.07, 6.45) is 2.80. The first-order valence-electron chi connectivity index (χ1n) is 13.9. The van der Waals surface area contributed by atoms with Crippen LogP contribution in [-0.4, -0.2) is 61.3 Å². The van der Waals surface area contributed by atoms with Gasteiger partial charge in [0.25, 0.3) is 5.91 Å². The number of hydrogen-bond donors (Lipinski definition) is 3. The lowest BCUT2D eigenvalue weighted by atomic mass is 9.99. The average Bonchev–Trinajstić information content (AvgIpc) is 3.28. The number of carbonyl (C=O) groups excluding carboxylic acids is 1. The largest absolute Gasteiger partial charge is 0.493 e. The van der Waals surface area contributed by atoms with Gasteiger partial charge in [-0.25, -0.2) is 0 Å². The third-order valence-electron chi connectivity index (χ3n) is 7.62. The zero-order chi connectivity index (χ0) is 28.9. The van der Waals surface area contributed by atoms with E-state index >= 15 is 0 Å². The summed E-state index contributed by atoms with van der Waals surface area (Å²) in [6, 6.07) is 18.9. The summed E-state index contributed by atoms with van der Waals surface area (Å²) in [5.74, 6) is 1.94. The summed E-state index contributed by atoms with van der Waals surface area (Å²) in [5.41, 5.74) is 5.73. The van der Waals surface area contributed by atoms with Crippen molar-refractivity contribution in [2.45, 2.75) is 38.5 Å². The lowest BCUT2D eigenvalue weighted by molar-refractivity contribution is 0.0851. The Kier molecular flexibility index (Phi) is 8.95. The van der Waals surface area contributed by atoms with E-state index in [-0.39, 0.29) is 12.5 Å². The molecule has 1 aliphatic rings. The molecule has 3 aromatic carbocycles. The number of amides is 1. The molecule has 0 bridgehead atoms. The van der Waals surface area contributed by atoms with Crippen LogP contribution in [0.1, 0.15) is 28.4 Å². The molecule has 0 spiro atoms. The number of aliphatic hydroxyl groups is 1. The van der Waals surface area contributed by atoms with E-state index < -0.39 is 12.1 Å². The molecule has 0 fully saturated rings. The minimum atomic E-state index is -0.885. The number of aryl methyl sites for hydroxylation is 2. The summed E-state index contributed by atoms with van der Waals surface area (Å²) in [7, 11) is 5.22. The molecule has 41 heavy (non-hydrogen) atoms. The predicted molar refractivity (Wildman–Crippen MR) is 168 cm³/mol. The second kappa shape index (κ2) is 12.8. The fourth-order valence-corrected chi connectivity index (χ4v) is 6.34. The van der Waals surface area contributed by atoms with Gasteiger partial charge in [-0.1, -0.05) is 36.4 Å². The van der Waals surface area contributed by atoms with E-state index in [0.717, 1.165) is 35.5 Å². The number of nitrogens with one attached hydrogen (secondary N) is 2. The van der Waals surface area contributed by atoms with Crippen LogP contribution in [0.4, 0.5) is 11.4 Å². The highest BCUT2D eigenvalue weighted by molar-refractivity contribution is 8.00. The molecular formula is C32H38N4O4S. The second-order valence-corrected chi connectivity index (χ2v) is 11.4. The standard InChI is InChI=1S/C32H38N4O4S/c1-5-36-20-22-14-15-41-35(2)26-17-23(18-27(36)30(22)26)32(38)34-25(16-21-10-7-6-8-11-21)28(37)19-33-24-12-9-13-29(39-3)31(24)40-4/h6-13,17-18,20,25,28,33,37H,5,14-16,19H2,1-4H3,(H,34,38)/t25-,28+/m0/s1. The van der Waals surface area contributed by atoms with Gasteiger partial charge in [-0.3, -0.25) is 4.79 Å². The molecule has 5 rings (SSSR count). The van der Waals surface area contributed by atoms with Gasteiger partial charge < -0.3 is 34.1 Å². The van der Waals surface area contributed by atoms with Crippen LogP contribution in [0.3, 0.4) is 0 Å². The summed E-state index contributed by atoms with van der Waals surface area (Å²) < 4.78 is 15.3. The van der Waals surface area contributed by atoms with Gasteiger partial charge in [-0.2, -0.15) is 0 Å². The van der Waals surface area contributed by atoms with Crippen LogP contribution in [0, 0.1) is 0 Å². The number of para-hydroxylation sites is 1. The van der Waals surface area contributed by atoms with Crippen molar-refractivity contribution in [3.63, 3.8) is 0 Å². The maximum absolute atomic E-state index is 13.8. The summed E-state index contributed by atoms with van der Waals surface area (Å²) in [6.45, 7) is 3.15. The number of hydrogen-bond acceptors (Lipinski definition) is 7. The molecule has 0 radical (unpaired) electrons. The van der Waals surface area contributed by atoms with E-state index in [2.05, 4.69) is 39.7 Å². The highest BCUT2D eigenvalue weighted by Gasteiger charge is 2.26. The number of nitrogens with zero attached hydrogens (tertiary/aromatic N) is 2. The van der Waals surface area contributed by atoms with Crippen molar-refractivity contribution in [3.05, 3.63) is 83.6 Å². The molecule has 0 saturated heterocycles. The monoisotopic (exact) mass is 574 g/mol. The Morgan fingerprint density at radius 1 is 1.10 bits per heavy atom. The molecule has 0 aliphatic carbocycles. The maximum atomic E-state index is 13.8. The number of rotatable bonds is 11. The van der Waals surface area contributed by atoms with Crippen molar-refractivity contribution >= 4 is 40.1 Å². The van der Waals surface area contributed by atoms with E-state index in [9.17, 15) is 9.90 Å². The van der Waals surface area contributed by atoms with Crippen LogP contribution in [-0.2, 0) is 19.4 Å². The predicted octanol–water partition coefficient (Wildman–Crippen LogP) is 5.13. The van der Waals surface area contributed by atoms with E-state index in [1.165, 1.54) is 10.9 Å². The van der Waals surface area contributed by atoms with Gasteiger partial charge in [-0.05, 0) is 67.1 Å². The van der Waals surface area contributed by atoms with E-state index in [4.69, 9.17) is 9.47 Å². The average molecular weight is 575 g/mol. The SMILES string of the molecule is CCn1cc2c3c(cc(C(=O)N[C@@H](Cc4ccccc4)[C@H](O)CNc4cccc(OC)c4OC)cc31)N(C)SCC2. The quantitative estimate of drug-likeness (QED) is 0.214. The number of aliphatic hydroxyl groups excluding tert-OH is 1. The van der Waals surface area contributed by atoms with E-state index in [1.807, 2.05) is 60.7 Å². The lowest BCUT2D eigenvalue weighted by Crippen LogP contribution is -2.47.